The van der Waals surface area contributed by atoms with Crippen LogP contribution in [0.2, 0.25) is 0 Å². The van der Waals surface area contributed by atoms with Crippen molar-refractivity contribution in [3.05, 3.63) is 35.0 Å². The Bertz CT molecular complexity index is 893. The van der Waals surface area contributed by atoms with Crippen molar-refractivity contribution in [2.75, 3.05) is 27.3 Å². The second-order valence-electron chi connectivity index (χ2n) is 7.49. The first-order valence-corrected chi connectivity index (χ1v) is 12.6. The highest BCUT2D eigenvalue weighted by atomic mass is 32.2. The summed E-state index contributed by atoms with van der Waals surface area (Å²) in [7, 11) is 1.60. The second-order valence-corrected chi connectivity index (χ2v) is 9.81. The first-order chi connectivity index (χ1) is 15.1. The van der Waals surface area contributed by atoms with E-state index in [2.05, 4.69) is 15.0 Å². The maximum atomic E-state index is 12.9. The molecular formula is C22H31N3O4S2. The fraction of sp³-hybridized carbons (Fsp3) is 0.545. The Morgan fingerprint density at radius 3 is 2.68 bits per heavy atom. The minimum atomic E-state index is -1.43. The van der Waals surface area contributed by atoms with Crippen LogP contribution in [-0.2, 0) is 20.5 Å². The highest BCUT2D eigenvalue weighted by Gasteiger charge is 2.21. The molecule has 1 fully saturated rings. The molecule has 1 atom stereocenters. The molecule has 0 aliphatic heterocycles. The van der Waals surface area contributed by atoms with Crippen LogP contribution in [0.15, 0.2) is 29.3 Å². The fourth-order valence-corrected chi connectivity index (χ4v) is 5.94. The van der Waals surface area contributed by atoms with E-state index in [1.807, 2.05) is 19.2 Å². The number of hydrogen-bond acceptors (Lipinski definition) is 6. The molecular weight excluding hydrogens is 434 g/mol. The zero-order valence-electron chi connectivity index (χ0n) is 18.3. The van der Waals surface area contributed by atoms with Crippen molar-refractivity contribution in [1.29, 1.82) is 0 Å². The Balaban J connectivity index is 1.85. The van der Waals surface area contributed by atoms with Gasteiger partial charge in [0.05, 0.1) is 21.3 Å². The number of rotatable bonds is 10. The van der Waals surface area contributed by atoms with Crippen LogP contribution in [0.4, 0.5) is 0 Å². The smallest absolute Gasteiger partial charge is 0.251 e. The minimum Gasteiger partial charge on any atom is -0.354 e. The summed E-state index contributed by atoms with van der Waals surface area (Å²) in [6.45, 7) is 2.68. The average molecular weight is 466 g/mol. The molecule has 0 spiro atoms. The van der Waals surface area contributed by atoms with E-state index in [4.69, 9.17) is 9.47 Å². The van der Waals surface area contributed by atoms with Crippen LogP contribution in [0, 0.1) is 0 Å². The van der Waals surface area contributed by atoms with E-state index >= 15 is 0 Å². The lowest BCUT2D eigenvalue weighted by Gasteiger charge is -2.18. The summed E-state index contributed by atoms with van der Waals surface area (Å²) in [6, 6.07) is 5.31. The first-order valence-electron chi connectivity index (χ1n) is 10.7. The van der Waals surface area contributed by atoms with Gasteiger partial charge >= 0.3 is 0 Å². The molecule has 1 aromatic heterocycles. The van der Waals surface area contributed by atoms with Crippen molar-refractivity contribution in [1.82, 2.24) is 15.0 Å². The Kier molecular flexibility index (Phi) is 9.15. The highest BCUT2D eigenvalue weighted by molar-refractivity contribution is 7.83. The SMILES string of the molecule is CCNS(=O)c1cc(C(=O)NCC(OC)OC)ccc1-c1cnc(C2CCCCC2)s1. The largest absolute Gasteiger partial charge is 0.354 e. The number of carbonyl (C=O) groups excluding carboxylic acids is 1. The van der Waals surface area contributed by atoms with E-state index in [9.17, 15) is 9.00 Å². The van der Waals surface area contributed by atoms with Gasteiger partial charge in [-0.15, -0.1) is 11.3 Å². The normalized spacial score (nSPS) is 15.9. The summed E-state index contributed by atoms with van der Waals surface area (Å²) in [5.41, 5.74) is 1.29. The Morgan fingerprint density at radius 2 is 2.00 bits per heavy atom. The van der Waals surface area contributed by atoms with Gasteiger partial charge in [-0.3, -0.25) is 4.79 Å². The van der Waals surface area contributed by atoms with E-state index < -0.39 is 17.3 Å². The maximum Gasteiger partial charge on any atom is 0.251 e. The molecule has 0 saturated heterocycles. The van der Waals surface area contributed by atoms with Crippen molar-refractivity contribution in [3.63, 3.8) is 0 Å². The van der Waals surface area contributed by atoms with Crippen molar-refractivity contribution >= 4 is 28.2 Å². The molecule has 1 aliphatic rings. The summed E-state index contributed by atoms with van der Waals surface area (Å²) < 4.78 is 26.1. The van der Waals surface area contributed by atoms with Gasteiger partial charge in [0.15, 0.2) is 6.29 Å². The summed E-state index contributed by atoms with van der Waals surface area (Å²) in [5.74, 6) is 0.252. The van der Waals surface area contributed by atoms with E-state index in [-0.39, 0.29) is 12.5 Å². The lowest BCUT2D eigenvalue weighted by atomic mass is 9.90. The zero-order valence-corrected chi connectivity index (χ0v) is 19.9. The third-order valence-corrected chi connectivity index (χ3v) is 7.90. The zero-order chi connectivity index (χ0) is 22.2. The van der Waals surface area contributed by atoms with Gasteiger partial charge in [0.25, 0.3) is 5.91 Å². The Labute approximate surface area is 190 Å². The van der Waals surface area contributed by atoms with Crippen molar-refractivity contribution in [3.8, 4) is 10.4 Å². The molecule has 9 heteroatoms. The van der Waals surface area contributed by atoms with Gasteiger partial charge in [-0.05, 0) is 25.0 Å². The van der Waals surface area contributed by atoms with Gasteiger partial charge in [0.2, 0.25) is 0 Å². The number of ether oxygens (including phenoxy) is 2. The van der Waals surface area contributed by atoms with Crippen molar-refractivity contribution in [2.24, 2.45) is 0 Å². The quantitative estimate of drug-likeness (QED) is 0.521. The van der Waals surface area contributed by atoms with Crippen LogP contribution in [0.25, 0.3) is 10.4 Å². The number of hydrogen-bond donors (Lipinski definition) is 2. The van der Waals surface area contributed by atoms with Gasteiger partial charge in [-0.2, -0.15) is 0 Å². The number of nitrogens with one attached hydrogen (secondary N) is 2. The molecule has 2 aromatic rings. The van der Waals surface area contributed by atoms with E-state index in [0.717, 1.165) is 15.4 Å². The monoisotopic (exact) mass is 465 g/mol. The molecule has 1 heterocycles. The third-order valence-electron chi connectivity index (χ3n) is 5.42. The lowest BCUT2D eigenvalue weighted by molar-refractivity contribution is -0.0974. The topological polar surface area (TPSA) is 89.6 Å². The molecule has 170 valence electrons. The molecule has 1 aliphatic carbocycles. The molecule has 1 unspecified atom stereocenters. The highest BCUT2D eigenvalue weighted by Crippen LogP contribution is 2.38. The van der Waals surface area contributed by atoms with Gasteiger partial charge in [0, 0.05) is 44.0 Å². The Morgan fingerprint density at radius 1 is 1.26 bits per heavy atom. The second kappa shape index (κ2) is 11.8. The molecule has 3 rings (SSSR count). The molecule has 1 amide bonds. The standard InChI is InChI=1S/C22H31N3O4S2/c1-4-25-31(27)19-12-16(21(26)23-14-20(28-2)29-3)10-11-17(19)18-13-24-22(30-18)15-8-6-5-7-9-15/h10-13,15,20,25H,4-9,14H2,1-3H3,(H,23,26). The van der Waals surface area contributed by atoms with Crippen molar-refractivity contribution < 1.29 is 18.5 Å². The van der Waals surface area contributed by atoms with Crippen LogP contribution in [0.1, 0.15) is 60.3 Å². The number of thiazole rings is 1. The summed E-state index contributed by atoms with van der Waals surface area (Å²) in [6.07, 6.45) is 7.54. The minimum absolute atomic E-state index is 0.221. The number of aromatic nitrogens is 1. The predicted molar refractivity (Wildman–Crippen MR) is 124 cm³/mol. The molecule has 1 aromatic carbocycles. The summed E-state index contributed by atoms with van der Waals surface area (Å²) in [5, 5.41) is 3.94. The van der Waals surface area contributed by atoms with Crippen LogP contribution >= 0.6 is 11.3 Å². The van der Waals surface area contributed by atoms with Crippen LogP contribution in [-0.4, -0.2) is 48.7 Å². The lowest BCUT2D eigenvalue weighted by Crippen LogP contribution is -2.34. The molecule has 0 bridgehead atoms. The number of carbonyl (C=O) groups is 1. The predicted octanol–water partition coefficient (Wildman–Crippen LogP) is 3.84. The van der Waals surface area contributed by atoms with Crippen LogP contribution in [0.5, 0.6) is 0 Å². The fourth-order valence-electron chi connectivity index (χ4n) is 3.72. The van der Waals surface area contributed by atoms with E-state index in [1.165, 1.54) is 46.3 Å². The van der Waals surface area contributed by atoms with Crippen molar-refractivity contribution in [2.45, 2.75) is 56.1 Å². The Hall–Kier alpha value is -1.65. The van der Waals surface area contributed by atoms with E-state index in [1.54, 1.807) is 23.5 Å². The summed E-state index contributed by atoms with van der Waals surface area (Å²) >= 11 is 1.67. The molecule has 7 nitrogen and oxygen atoms in total. The van der Waals surface area contributed by atoms with Gasteiger partial charge in [0.1, 0.15) is 11.0 Å². The maximum absolute atomic E-state index is 12.9. The molecule has 31 heavy (non-hydrogen) atoms. The van der Waals surface area contributed by atoms with Gasteiger partial charge in [-0.1, -0.05) is 32.3 Å². The van der Waals surface area contributed by atoms with E-state index in [0.29, 0.717) is 22.9 Å². The van der Waals surface area contributed by atoms with Crippen LogP contribution < -0.4 is 10.0 Å². The molecule has 0 radical (unpaired) electrons. The first kappa shape index (κ1) is 24.0. The molecule has 2 N–H and O–H groups in total. The molecule has 1 saturated carbocycles. The van der Waals surface area contributed by atoms with Crippen LogP contribution in [0.3, 0.4) is 0 Å². The summed E-state index contributed by atoms with van der Waals surface area (Å²) in [4.78, 5) is 18.9. The average Bonchev–Trinajstić information content (AvgIpc) is 3.30. The van der Waals surface area contributed by atoms with Gasteiger partial charge < -0.3 is 14.8 Å². The number of methoxy groups -OCH3 is 2. The number of nitrogens with zero attached hydrogens (tertiary/aromatic N) is 1. The third kappa shape index (κ3) is 6.20. The van der Waals surface area contributed by atoms with Gasteiger partial charge in [-0.25, -0.2) is 13.9 Å². The number of amides is 1. The number of benzene rings is 1.